The number of fused-ring (bicyclic) bond motifs is 10. The van der Waals surface area contributed by atoms with Crippen LogP contribution in [0, 0.1) is 13.8 Å². The van der Waals surface area contributed by atoms with Crippen molar-refractivity contribution in [2.24, 2.45) is 0 Å². The first-order valence-electron chi connectivity index (χ1n) is 21.3. The Kier molecular flexibility index (Phi) is 8.48. The molecule has 0 radical (unpaired) electrons. The third-order valence-corrected chi connectivity index (χ3v) is 13.6. The van der Waals surface area contributed by atoms with Gasteiger partial charge in [-0.15, -0.1) is 11.3 Å². The fraction of sp³-hybridized carbons (Fsp3) is 0.0345. The first kappa shape index (κ1) is 36.2. The molecule has 0 aliphatic rings. The summed E-state index contributed by atoms with van der Waals surface area (Å²) in [5.41, 5.74) is 12.7. The second-order valence-electron chi connectivity index (χ2n) is 16.3. The minimum Gasteiger partial charge on any atom is -0.310 e. The van der Waals surface area contributed by atoms with E-state index >= 15 is 0 Å². The second-order valence-corrected chi connectivity index (χ2v) is 17.3. The van der Waals surface area contributed by atoms with Crippen LogP contribution in [0.15, 0.2) is 212 Å². The van der Waals surface area contributed by atoms with Gasteiger partial charge in [0.25, 0.3) is 0 Å². The molecule has 0 aliphatic heterocycles. The van der Waals surface area contributed by atoms with Gasteiger partial charge in [0.1, 0.15) is 0 Å². The van der Waals surface area contributed by atoms with E-state index in [-0.39, 0.29) is 0 Å². The van der Waals surface area contributed by atoms with Gasteiger partial charge in [-0.25, -0.2) is 0 Å². The summed E-state index contributed by atoms with van der Waals surface area (Å²) < 4.78 is 5.14. The molecule has 0 saturated heterocycles. The lowest BCUT2D eigenvalue weighted by Crippen LogP contribution is -2.11. The van der Waals surface area contributed by atoms with Crippen LogP contribution in [-0.4, -0.2) is 4.57 Å². The highest BCUT2D eigenvalue weighted by Crippen LogP contribution is 2.51. The van der Waals surface area contributed by atoms with Crippen molar-refractivity contribution in [2.75, 3.05) is 9.80 Å². The van der Waals surface area contributed by atoms with Gasteiger partial charge in [-0.1, -0.05) is 140 Å². The normalized spacial score (nSPS) is 11.7. The van der Waals surface area contributed by atoms with E-state index in [9.17, 15) is 0 Å². The van der Waals surface area contributed by atoms with Gasteiger partial charge in [0.05, 0.1) is 32.8 Å². The highest BCUT2D eigenvalue weighted by atomic mass is 32.1. The summed E-state index contributed by atoms with van der Waals surface area (Å²) in [6.45, 7) is 4.35. The van der Waals surface area contributed by atoms with Gasteiger partial charge in [-0.2, -0.15) is 0 Å². The van der Waals surface area contributed by atoms with Crippen molar-refractivity contribution in [3.8, 4) is 5.69 Å². The standard InChI is InChI=1S/C58H41N3S/c1-38-18-15-24-42(34-38)59(40-20-5-3-6-21-40)51-36-53-56(47-29-11-9-26-44(47)51)57-48-30-12-10-27-45(48)52(60(41-22-7-4-8-23-41)43-25-16-19-39(2)35-43)37-54(57)61(53)50-32-17-31-49-46-28-13-14-33-55(46)62-58(49)50/h3-37H,1-2H3. The maximum atomic E-state index is 2.58. The van der Waals surface area contributed by atoms with Crippen molar-refractivity contribution < 1.29 is 0 Å². The molecule has 0 spiro atoms. The van der Waals surface area contributed by atoms with Crippen LogP contribution in [0.2, 0.25) is 0 Å². The first-order chi connectivity index (χ1) is 30.6. The summed E-state index contributed by atoms with van der Waals surface area (Å²) in [6, 6.07) is 78.0. The lowest BCUT2D eigenvalue weighted by molar-refractivity contribution is 1.20. The third-order valence-electron chi connectivity index (χ3n) is 12.4. The van der Waals surface area contributed by atoms with Crippen LogP contribution in [0.25, 0.3) is 69.2 Å². The van der Waals surface area contributed by atoms with E-state index in [1.807, 2.05) is 11.3 Å². The molecule has 0 fully saturated rings. The van der Waals surface area contributed by atoms with Crippen LogP contribution in [-0.2, 0) is 0 Å². The smallest absolute Gasteiger partial charge is 0.0640 e. The van der Waals surface area contributed by atoms with E-state index in [2.05, 4.69) is 241 Å². The van der Waals surface area contributed by atoms with Crippen molar-refractivity contribution >= 4 is 109 Å². The van der Waals surface area contributed by atoms with Gasteiger partial charge >= 0.3 is 0 Å². The number of anilines is 6. The Hall–Kier alpha value is -7.66. The fourth-order valence-electron chi connectivity index (χ4n) is 9.77. The van der Waals surface area contributed by atoms with Gasteiger partial charge in [0.2, 0.25) is 0 Å². The zero-order chi connectivity index (χ0) is 41.3. The Labute approximate surface area is 364 Å². The summed E-state index contributed by atoms with van der Waals surface area (Å²) >= 11 is 1.88. The van der Waals surface area contributed by atoms with Gasteiger partial charge < -0.3 is 14.4 Å². The zero-order valence-electron chi connectivity index (χ0n) is 34.5. The Bertz CT molecular complexity index is 3490. The minimum atomic E-state index is 1.11. The monoisotopic (exact) mass is 811 g/mol. The third kappa shape index (κ3) is 5.72. The lowest BCUT2D eigenvalue weighted by atomic mass is 9.96. The summed E-state index contributed by atoms with van der Waals surface area (Å²) in [5, 5.41) is 9.90. The van der Waals surface area contributed by atoms with E-state index in [0.29, 0.717) is 0 Å². The van der Waals surface area contributed by atoms with Gasteiger partial charge in [-0.05, 0) is 109 Å². The Balaban J connectivity index is 1.29. The van der Waals surface area contributed by atoms with Crippen molar-refractivity contribution in [2.45, 2.75) is 13.8 Å². The number of aromatic nitrogens is 1. The quantitative estimate of drug-likeness (QED) is 0.159. The number of aryl methyl sites for hydroxylation is 2. The molecule has 62 heavy (non-hydrogen) atoms. The van der Waals surface area contributed by atoms with E-state index in [1.165, 1.54) is 69.3 Å². The summed E-state index contributed by atoms with van der Waals surface area (Å²) in [5.74, 6) is 0. The molecule has 294 valence electrons. The van der Waals surface area contributed by atoms with Crippen LogP contribution in [0.4, 0.5) is 34.1 Å². The summed E-state index contributed by atoms with van der Waals surface area (Å²) in [4.78, 5) is 4.88. The van der Waals surface area contributed by atoms with E-state index in [1.54, 1.807) is 0 Å². The van der Waals surface area contributed by atoms with Crippen molar-refractivity contribution in [3.63, 3.8) is 0 Å². The number of hydrogen-bond acceptors (Lipinski definition) is 3. The lowest BCUT2D eigenvalue weighted by Gasteiger charge is -2.27. The van der Waals surface area contributed by atoms with Gasteiger partial charge in [0.15, 0.2) is 0 Å². The molecule has 4 heteroatoms. The predicted molar refractivity (Wildman–Crippen MR) is 268 cm³/mol. The molecule has 0 amide bonds. The van der Waals surface area contributed by atoms with Crippen LogP contribution >= 0.6 is 11.3 Å². The average molecular weight is 812 g/mol. The topological polar surface area (TPSA) is 11.4 Å². The van der Waals surface area contributed by atoms with E-state index in [4.69, 9.17) is 0 Å². The molecule has 0 aliphatic carbocycles. The average Bonchev–Trinajstić information content (AvgIpc) is 3.86. The molecular formula is C58H41N3S. The zero-order valence-corrected chi connectivity index (χ0v) is 35.3. The van der Waals surface area contributed by atoms with E-state index in [0.717, 1.165) is 45.2 Å². The molecule has 10 aromatic carbocycles. The number of rotatable bonds is 7. The van der Waals surface area contributed by atoms with Crippen molar-refractivity contribution in [1.82, 2.24) is 4.57 Å². The fourth-order valence-corrected chi connectivity index (χ4v) is 11.0. The van der Waals surface area contributed by atoms with Gasteiger partial charge in [0, 0.05) is 59.8 Å². The molecule has 2 aromatic heterocycles. The molecule has 0 atom stereocenters. The molecule has 12 aromatic rings. The molecule has 0 N–H and O–H groups in total. The molecule has 12 rings (SSSR count). The molecule has 0 unspecified atom stereocenters. The second kappa shape index (κ2) is 14.5. The largest absolute Gasteiger partial charge is 0.310 e. The summed E-state index contributed by atoms with van der Waals surface area (Å²) in [6.07, 6.45) is 0. The van der Waals surface area contributed by atoms with Crippen LogP contribution in [0.1, 0.15) is 11.1 Å². The van der Waals surface area contributed by atoms with E-state index < -0.39 is 0 Å². The van der Waals surface area contributed by atoms with Crippen molar-refractivity contribution in [3.05, 3.63) is 223 Å². The van der Waals surface area contributed by atoms with Crippen LogP contribution < -0.4 is 9.80 Å². The highest BCUT2D eigenvalue weighted by molar-refractivity contribution is 7.26. The first-order valence-corrected chi connectivity index (χ1v) is 22.1. The number of nitrogens with zero attached hydrogens (tertiary/aromatic N) is 3. The maximum Gasteiger partial charge on any atom is 0.0640 e. The molecular weight excluding hydrogens is 771 g/mol. The highest BCUT2D eigenvalue weighted by Gasteiger charge is 2.26. The Morgan fingerprint density at radius 2 is 0.774 bits per heavy atom. The SMILES string of the molecule is Cc1cccc(N(c2ccccc2)c2cc3c(c4ccccc24)c2c4ccccc4c(N(c4ccccc4)c4cccc(C)c4)cc2n3-c2cccc3c2sc2ccccc23)c1. The van der Waals surface area contributed by atoms with Gasteiger partial charge in [-0.3, -0.25) is 0 Å². The number of hydrogen-bond donors (Lipinski definition) is 0. The number of para-hydroxylation sites is 2. The number of thiophene rings is 1. The Morgan fingerprint density at radius 3 is 1.29 bits per heavy atom. The van der Waals surface area contributed by atoms with Crippen LogP contribution in [0.3, 0.4) is 0 Å². The molecule has 2 heterocycles. The van der Waals surface area contributed by atoms with Crippen molar-refractivity contribution in [1.29, 1.82) is 0 Å². The summed E-state index contributed by atoms with van der Waals surface area (Å²) in [7, 11) is 0. The maximum absolute atomic E-state index is 2.58. The molecule has 0 saturated carbocycles. The number of benzene rings is 10. The molecule has 3 nitrogen and oxygen atoms in total. The molecule has 0 bridgehead atoms. The minimum absolute atomic E-state index is 1.11. The predicted octanol–water partition coefficient (Wildman–Crippen LogP) is 17.0. The van der Waals surface area contributed by atoms with Crippen LogP contribution in [0.5, 0.6) is 0 Å². The Morgan fingerprint density at radius 1 is 0.355 bits per heavy atom.